The molecule has 0 fully saturated rings. The van der Waals surface area contributed by atoms with Crippen molar-refractivity contribution in [3.63, 3.8) is 0 Å². The lowest BCUT2D eigenvalue weighted by Crippen LogP contribution is -1.92. The summed E-state index contributed by atoms with van der Waals surface area (Å²) in [6.45, 7) is 0. The molecular weight excluding hydrogens is 520 g/mol. The molecule has 0 atom stereocenters. The lowest BCUT2D eigenvalue weighted by Gasteiger charge is -2.19. The SMILES string of the molecule is c1ccc(-c2ccc(-c3c4ccccc4c(-c4ccc5c(c4)oc4ccccc45)c4ccccc34)c3ccccc23)cc1. The Bertz CT molecular complexity index is 2440. The van der Waals surface area contributed by atoms with E-state index in [-0.39, 0.29) is 0 Å². The van der Waals surface area contributed by atoms with Crippen LogP contribution < -0.4 is 0 Å². The van der Waals surface area contributed by atoms with Gasteiger partial charge in [-0.25, -0.2) is 0 Å². The Balaban J connectivity index is 1.36. The third kappa shape index (κ3) is 3.65. The molecule has 1 heteroatoms. The van der Waals surface area contributed by atoms with Crippen molar-refractivity contribution < 1.29 is 4.42 Å². The first kappa shape index (κ1) is 24.0. The summed E-state index contributed by atoms with van der Waals surface area (Å²) in [6, 6.07) is 56.8. The smallest absolute Gasteiger partial charge is 0.136 e. The predicted octanol–water partition coefficient (Wildman–Crippen LogP) is 12.0. The summed E-state index contributed by atoms with van der Waals surface area (Å²) >= 11 is 0. The molecule has 0 N–H and O–H groups in total. The molecule has 9 aromatic rings. The van der Waals surface area contributed by atoms with Crippen molar-refractivity contribution in [2.45, 2.75) is 0 Å². The quantitative estimate of drug-likeness (QED) is 0.201. The van der Waals surface area contributed by atoms with E-state index >= 15 is 0 Å². The van der Waals surface area contributed by atoms with Gasteiger partial charge >= 0.3 is 0 Å². The third-order valence-electron chi connectivity index (χ3n) is 8.88. The maximum atomic E-state index is 6.33. The van der Waals surface area contributed by atoms with Crippen molar-refractivity contribution in [2.24, 2.45) is 0 Å². The Labute approximate surface area is 249 Å². The van der Waals surface area contributed by atoms with E-state index in [1.165, 1.54) is 60.1 Å². The van der Waals surface area contributed by atoms with Gasteiger partial charge in [-0.05, 0) is 83.9 Å². The molecule has 8 aromatic carbocycles. The first-order chi connectivity index (χ1) is 21.3. The van der Waals surface area contributed by atoms with E-state index in [2.05, 4.69) is 146 Å². The molecule has 0 spiro atoms. The topological polar surface area (TPSA) is 13.1 Å². The molecular formula is C42H26O. The molecule has 1 aromatic heterocycles. The lowest BCUT2D eigenvalue weighted by atomic mass is 9.83. The van der Waals surface area contributed by atoms with Crippen molar-refractivity contribution in [1.82, 2.24) is 0 Å². The first-order valence-corrected chi connectivity index (χ1v) is 14.8. The van der Waals surface area contributed by atoms with Gasteiger partial charge in [-0.3, -0.25) is 0 Å². The van der Waals surface area contributed by atoms with Gasteiger partial charge in [-0.1, -0.05) is 140 Å². The number of fused-ring (bicyclic) bond motifs is 6. The second-order valence-electron chi connectivity index (χ2n) is 11.2. The van der Waals surface area contributed by atoms with Crippen molar-refractivity contribution in [3.05, 3.63) is 158 Å². The second-order valence-corrected chi connectivity index (χ2v) is 11.2. The molecule has 0 bridgehead atoms. The average Bonchev–Trinajstić information content (AvgIpc) is 3.45. The van der Waals surface area contributed by atoms with Crippen LogP contribution in [0.4, 0.5) is 0 Å². The van der Waals surface area contributed by atoms with Crippen LogP contribution >= 0.6 is 0 Å². The zero-order chi connectivity index (χ0) is 28.3. The number of hydrogen-bond donors (Lipinski definition) is 0. The van der Waals surface area contributed by atoms with Gasteiger partial charge in [0.05, 0.1) is 0 Å². The van der Waals surface area contributed by atoms with Crippen LogP contribution in [0.2, 0.25) is 0 Å². The monoisotopic (exact) mass is 546 g/mol. The minimum Gasteiger partial charge on any atom is -0.456 e. The van der Waals surface area contributed by atoms with Gasteiger partial charge < -0.3 is 4.42 Å². The van der Waals surface area contributed by atoms with Gasteiger partial charge in [0.2, 0.25) is 0 Å². The normalized spacial score (nSPS) is 11.7. The van der Waals surface area contributed by atoms with Crippen molar-refractivity contribution in [1.29, 1.82) is 0 Å². The van der Waals surface area contributed by atoms with Crippen LogP contribution in [0, 0.1) is 0 Å². The van der Waals surface area contributed by atoms with Crippen LogP contribution in [0.25, 0.3) is 87.6 Å². The minimum absolute atomic E-state index is 0.915. The third-order valence-corrected chi connectivity index (χ3v) is 8.88. The van der Waals surface area contributed by atoms with E-state index in [0.29, 0.717) is 0 Å². The van der Waals surface area contributed by atoms with Gasteiger partial charge in [-0.15, -0.1) is 0 Å². The maximum Gasteiger partial charge on any atom is 0.136 e. The Morgan fingerprint density at radius 2 is 0.767 bits per heavy atom. The fourth-order valence-electron chi connectivity index (χ4n) is 7.00. The molecule has 0 radical (unpaired) electrons. The molecule has 0 aliphatic carbocycles. The predicted molar refractivity (Wildman–Crippen MR) is 183 cm³/mol. The summed E-state index contributed by atoms with van der Waals surface area (Å²) in [5.74, 6) is 0. The summed E-state index contributed by atoms with van der Waals surface area (Å²) in [7, 11) is 0. The zero-order valence-electron chi connectivity index (χ0n) is 23.4. The number of benzene rings is 8. The lowest BCUT2D eigenvalue weighted by molar-refractivity contribution is 0.669. The Morgan fingerprint density at radius 1 is 0.279 bits per heavy atom. The van der Waals surface area contributed by atoms with E-state index < -0.39 is 0 Å². The van der Waals surface area contributed by atoms with Crippen LogP contribution in [-0.2, 0) is 0 Å². The fourth-order valence-corrected chi connectivity index (χ4v) is 7.00. The van der Waals surface area contributed by atoms with Gasteiger partial charge in [0.25, 0.3) is 0 Å². The Morgan fingerprint density at radius 3 is 1.44 bits per heavy atom. The molecule has 1 nitrogen and oxygen atoms in total. The van der Waals surface area contributed by atoms with E-state index in [1.54, 1.807) is 0 Å². The maximum absolute atomic E-state index is 6.33. The highest BCUT2D eigenvalue weighted by molar-refractivity contribution is 6.24. The Hall–Kier alpha value is -5.66. The molecule has 0 unspecified atom stereocenters. The van der Waals surface area contributed by atoms with Crippen LogP contribution in [0.3, 0.4) is 0 Å². The van der Waals surface area contributed by atoms with Gasteiger partial charge in [0.1, 0.15) is 11.2 Å². The number of hydrogen-bond acceptors (Lipinski definition) is 1. The van der Waals surface area contributed by atoms with Crippen molar-refractivity contribution in [2.75, 3.05) is 0 Å². The van der Waals surface area contributed by atoms with Crippen molar-refractivity contribution in [3.8, 4) is 33.4 Å². The van der Waals surface area contributed by atoms with Gasteiger partial charge in [0.15, 0.2) is 0 Å². The summed E-state index contributed by atoms with van der Waals surface area (Å²) in [4.78, 5) is 0. The van der Waals surface area contributed by atoms with Gasteiger partial charge in [0, 0.05) is 10.8 Å². The highest BCUT2D eigenvalue weighted by Crippen LogP contribution is 2.47. The molecule has 0 aliphatic heterocycles. The number of rotatable bonds is 3. The molecule has 200 valence electrons. The second kappa shape index (κ2) is 9.44. The molecule has 43 heavy (non-hydrogen) atoms. The van der Waals surface area contributed by atoms with Crippen molar-refractivity contribution >= 4 is 54.3 Å². The summed E-state index contributed by atoms with van der Waals surface area (Å²) in [5.41, 5.74) is 9.25. The van der Waals surface area contributed by atoms with E-state index in [0.717, 1.165) is 27.5 Å². The van der Waals surface area contributed by atoms with Crippen LogP contribution in [0.15, 0.2) is 162 Å². The van der Waals surface area contributed by atoms with Crippen LogP contribution in [0.5, 0.6) is 0 Å². The fraction of sp³-hybridized carbons (Fsp3) is 0. The first-order valence-electron chi connectivity index (χ1n) is 14.8. The highest BCUT2D eigenvalue weighted by atomic mass is 16.3. The zero-order valence-corrected chi connectivity index (χ0v) is 23.4. The van der Waals surface area contributed by atoms with Gasteiger partial charge in [-0.2, -0.15) is 0 Å². The minimum atomic E-state index is 0.915. The van der Waals surface area contributed by atoms with E-state index in [4.69, 9.17) is 4.42 Å². The Kier molecular flexibility index (Phi) is 5.27. The molecule has 9 rings (SSSR count). The molecule has 0 amide bonds. The van der Waals surface area contributed by atoms with E-state index in [9.17, 15) is 0 Å². The molecule has 1 heterocycles. The van der Waals surface area contributed by atoms with Crippen LogP contribution in [-0.4, -0.2) is 0 Å². The summed E-state index contributed by atoms with van der Waals surface area (Å²) in [5, 5.41) is 9.80. The summed E-state index contributed by atoms with van der Waals surface area (Å²) in [6.07, 6.45) is 0. The summed E-state index contributed by atoms with van der Waals surface area (Å²) < 4.78 is 6.33. The standard InChI is InChI=1S/C42H26O/c1-2-12-27(13-3-1)29-24-25-38(31-15-5-4-14-30(29)31)42-36-19-8-6-17-34(36)41(35-18-7-9-20-37(35)42)28-22-23-33-32-16-10-11-21-39(32)43-40(33)26-28/h1-26H. The highest BCUT2D eigenvalue weighted by Gasteiger charge is 2.19. The molecule has 0 saturated carbocycles. The molecule has 0 saturated heterocycles. The van der Waals surface area contributed by atoms with Crippen LogP contribution in [0.1, 0.15) is 0 Å². The van der Waals surface area contributed by atoms with E-state index in [1.807, 2.05) is 12.1 Å². The average molecular weight is 547 g/mol. The largest absolute Gasteiger partial charge is 0.456 e. The number of para-hydroxylation sites is 1. The number of furan rings is 1. The molecule has 0 aliphatic rings.